The zero-order chi connectivity index (χ0) is 22.6. The molecule has 0 radical (unpaired) electrons. The quantitative estimate of drug-likeness (QED) is 0.591. The van der Waals surface area contributed by atoms with Crippen molar-refractivity contribution in [3.63, 3.8) is 0 Å². The van der Waals surface area contributed by atoms with Crippen molar-refractivity contribution in [3.05, 3.63) is 59.3 Å². The van der Waals surface area contributed by atoms with Gasteiger partial charge in [0.2, 0.25) is 11.8 Å². The monoisotopic (exact) mass is 434 g/mol. The molecule has 2 N–H and O–H groups in total. The fourth-order valence-corrected chi connectivity index (χ4v) is 3.30. The molecule has 1 unspecified atom stereocenters. The van der Waals surface area contributed by atoms with E-state index in [0.29, 0.717) is 5.56 Å². The van der Waals surface area contributed by atoms with E-state index < -0.39 is 24.2 Å². The number of alkyl halides is 2. The average molecular weight is 434 g/mol. The number of carbonyl (C=O) groups is 2. The van der Waals surface area contributed by atoms with Gasteiger partial charge >= 0.3 is 12.6 Å². The fraction of sp³-hybridized carbons (Fsp3) is 0.409. The number of nitrogens with one attached hydrogen (secondary N) is 1. The van der Waals surface area contributed by atoms with Crippen molar-refractivity contribution in [2.24, 2.45) is 5.92 Å². The molecule has 1 atom stereocenters. The Labute approximate surface area is 178 Å². The SMILES string of the molecule is CC(C)C(OCc1ccnc(OC(F)F)c1)C(=O)NC1(c2ccc(C(=O)O)cc2)CC1. The summed E-state index contributed by atoms with van der Waals surface area (Å²) in [4.78, 5) is 27.7. The van der Waals surface area contributed by atoms with Gasteiger partial charge in [-0.1, -0.05) is 26.0 Å². The van der Waals surface area contributed by atoms with Crippen molar-refractivity contribution in [2.75, 3.05) is 0 Å². The van der Waals surface area contributed by atoms with E-state index in [-0.39, 0.29) is 29.9 Å². The number of carboxylic acid groups (broad SMARTS) is 1. The third-order valence-corrected chi connectivity index (χ3v) is 5.10. The van der Waals surface area contributed by atoms with Crippen LogP contribution >= 0.6 is 0 Å². The van der Waals surface area contributed by atoms with Gasteiger partial charge in [0, 0.05) is 12.3 Å². The molecular formula is C22H24F2N2O5. The largest absolute Gasteiger partial charge is 0.478 e. The lowest BCUT2D eigenvalue weighted by Gasteiger charge is -2.25. The summed E-state index contributed by atoms with van der Waals surface area (Å²) in [7, 11) is 0. The van der Waals surface area contributed by atoms with Crippen molar-refractivity contribution in [1.29, 1.82) is 0 Å². The van der Waals surface area contributed by atoms with Gasteiger partial charge in [0.25, 0.3) is 0 Å². The van der Waals surface area contributed by atoms with Crippen molar-refractivity contribution < 1.29 is 33.0 Å². The van der Waals surface area contributed by atoms with Gasteiger partial charge in [0.1, 0.15) is 6.10 Å². The molecule has 0 saturated heterocycles. The molecule has 1 fully saturated rings. The van der Waals surface area contributed by atoms with Crippen LogP contribution in [0.4, 0.5) is 8.78 Å². The number of aromatic carboxylic acids is 1. The number of ether oxygens (including phenoxy) is 2. The van der Waals surface area contributed by atoms with Gasteiger partial charge in [0.05, 0.1) is 17.7 Å². The fourth-order valence-electron chi connectivity index (χ4n) is 3.30. The van der Waals surface area contributed by atoms with E-state index in [9.17, 15) is 18.4 Å². The van der Waals surface area contributed by atoms with E-state index in [2.05, 4.69) is 15.0 Å². The number of pyridine rings is 1. The molecule has 1 aromatic heterocycles. The van der Waals surface area contributed by atoms with Crippen molar-refractivity contribution in [1.82, 2.24) is 10.3 Å². The van der Waals surface area contributed by atoms with Crippen molar-refractivity contribution in [3.8, 4) is 5.88 Å². The standard InChI is InChI=1S/C22H24F2N2O5/c1-13(2)18(30-12-14-7-10-25-17(11-14)31-21(23)24)19(27)26-22(8-9-22)16-5-3-15(4-6-16)20(28)29/h3-7,10-11,13,18,21H,8-9,12H2,1-2H3,(H,26,27)(H,28,29). The molecule has 0 bridgehead atoms. The molecule has 1 aliphatic rings. The van der Waals surface area contributed by atoms with Crippen LogP contribution in [0.15, 0.2) is 42.6 Å². The van der Waals surface area contributed by atoms with Crippen LogP contribution in [0.3, 0.4) is 0 Å². The number of aromatic nitrogens is 1. The summed E-state index contributed by atoms with van der Waals surface area (Å²) in [5, 5.41) is 12.1. The highest BCUT2D eigenvalue weighted by atomic mass is 19.3. The minimum Gasteiger partial charge on any atom is -0.478 e. The summed E-state index contributed by atoms with van der Waals surface area (Å²) >= 11 is 0. The second-order valence-electron chi connectivity index (χ2n) is 7.81. The maximum atomic E-state index is 13.0. The van der Waals surface area contributed by atoms with Crippen LogP contribution in [-0.2, 0) is 21.7 Å². The minimum atomic E-state index is -2.97. The smallest absolute Gasteiger partial charge is 0.388 e. The summed E-state index contributed by atoms with van der Waals surface area (Å²) in [5.74, 6) is -1.65. The maximum absolute atomic E-state index is 13.0. The molecule has 166 valence electrons. The molecule has 9 heteroatoms. The number of carboxylic acids is 1. The van der Waals surface area contributed by atoms with E-state index in [0.717, 1.165) is 18.4 Å². The van der Waals surface area contributed by atoms with Crippen LogP contribution in [0.2, 0.25) is 0 Å². The van der Waals surface area contributed by atoms with Crippen LogP contribution in [0.25, 0.3) is 0 Å². The van der Waals surface area contributed by atoms with Crippen molar-refractivity contribution >= 4 is 11.9 Å². The van der Waals surface area contributed by atoms with E-state index in [4.69, 9.17) is 9.84 Å². The normalized spacial score (nSPS) is 15.5. The lowest BCUT2D eigenvalue weighted by atomic mass is 10.0. The van der Waals surface area contributed by atoms with Crippen LogP contribution in [0.1, 0.15) is 48.2 Å². The third kappa shape index (κ3) is 5.75. The highest BCUT2D eigenvalue weighted by molar-refractivity contribution is 5.87. The van der Waals surface area contributed by atoms with Crippen LogP contribution < -0.4 is 10.1 Å². The Hall–Kier alpha value is -3.07. The Morgan fingerprint density at radius 3 is 2.42 bits per heavy atom. The van der Waals surface area contributed by atoms with E-state index in [1.807, 2.05) is 13.8 Å². The summed E-state index contributed by atoms with van der Waals surface area (Å²) in [5.41, 5.74) is 1.05. The number of halogens is 2. The highest BCUT2D eigenvalue weighted by Gasteiger charge is 2.46. The summed E-state index contributed by atoms with van der Waals surface area (Å²) in [6, 6.07) is 9.40. The molecule has 1 aromatic carbocycles. The van der Waals surface area contributed by atoms with Gasteiger partial charge in [0.15, 0.2) is 0 Å². The number of rotatable bonds is 10. The van der Waals surface area contributed by atoms with Crippen molar-refractivity contribution in [2.45, 2.75) is 51.6 Å². The first kappa shape index (κ1) is 22.6. The summed E-state index contributed by atoms with van der Waals surface area (Å²) in [6.45, 7) is 0.753. The van der Waals surface area contributed by atoms with Gasteiger partial charge in [-0.3, -0.25) is 4.79 Å². The van der Waals surface area contributed by atoms with Crippen LogP contribution in [0, 0.1) is 5.92 Å². The predicted molar refractivity (Wildman–Crippen MR) is 107 cm³/mol. The summed E-state index contributed by atoms with van der Waals surface area (Å²) < 4.78 is 34.8. The lowest BCUT2D eigenvalue weighted by molar-refractivity contribution is -0.137. The number of nitrogens with zero attached hydrogens (tertiary/aromatic N) is 1. The molecule has 3 rings (SSSR count). The molecule has 7 nitrogen and oxygen atoms in total. The zero-order valence-electron chi connectivity index (χ0n) is 17.2. The predicted octanol–water partition coefficient (Wildman–Crippen LogP) is 3.73. The Balaban J connectivity index is 1.65. The minimum absolute atomic E-state index is 0.0265. The molecular weight excluding hydrogens is 410 g/mol. The molecule has 1 heterocycles. The molecule has 0 spiro atoms. The molecule has 31 heavy (non-hydrogen) atoms. The molecule has 1 aliphatic carbocycles. The van der Waals surface area contributed by atoms with Crippen LogP contribution in [-0.4, -0.2) is 34.7 Å². The second-order valence-corrected chi connectivity index (χ2v) is 7.81. The molecule has 1 saturated carbocycles. The summed E-state index contributed by atoms with van der Waals surface area (Å²) in [6.07, 6.45) is 2.06. The third-order valence-electron chi connectivity index (χ3n) is 5.10. The van der Waals surface area contributed by atoms with Gasteiger partial charge in [-0.25, -0.2) is 9.78 Å². The Kier molecular flexibility index (Phi) is 6.84. The van der Waals surface area contributed by atoms with Gasteiger partial charge in [-0.15, -0.1) is 0 Å². The van der Waals surface area contributed by atoms with Gasteiger partial charge in [-0.05, 0) is 48.1 Å². The van der Waals surface area contributed by atoms with E-state index >= 15 is 0 Å². The maximum Gasteiger partial charge on any atom is 0.388 e. The first-order chi connectivity index (χ1) is 14.7. The second kappa shape index (κ2) is 9.38. The topological polar surface area (TPSA) is 97.8 Å². The first-order valence-corrected chi connectivity index (χ1v) is 9.87. The molecule has 1 amide bonds. The Bertz CT molecular complexity index is 930. The number of hydrogen-bond acceptors (Lipinski definition) is 5. The number of carbonyl (C=O) groups excluding carboxylic acids is 1. The average Bonchev–Trinajstić information content (AvgIpc) is 3.48. The van der Waals surface area contributed by atoms with E-state index in [1.54, 1.807) is 18.2 Å². The molecule has 0 aliphatic heterocycles. The zero-order valence-corrected chi connectivity index (χ0v) is 17.2. The first-order valence-electron chi connectivity index (χ1n) is 9.87. The Morgan fingerprint density at radius 2 is 1.87 bits per heavy atom. The number of benzene rings is 1. The van der Waals surface area contributed by atoms with Gasteiger partial charge < -0.3 is 19.9 Å². The number of hydrogen-bond donors (Lipinski definition) is 2. The lowest BCUT2D eigenvalue weighted by Crippen LogP contribution is -2.44. The Morgan fingerprint density at radius 1 is 1.19 bits per heavy atom. The van der Waals surface area contributed by atoms with Crippen LogP contribution in [0.5, 0.6) is 5.88 Å². The van der Waals surface area contributed by atoms with E-state index in [1.165, 1.54) is 24.4 Å². The molecule has 2 aromatic rings. The van der Waals surface area contributed by atoms with Gasteiger partial charge in [-0.2, -0.15) is 8.78 Å². The highest BCUT2D eigenvalue weighted by Crippen LogP contribution is 2.45. The number of amides is 1.